The molecule has 0 atom stereocenters. The molecule has 5 heterocycles. The molecule has 1 aliphatic rings. The molecule has 0 radical (unpaired) electrons. The van der Waals surface area contributed by atoms with Crippen molar-refractivity contribution in [1.29, 1.82) is 0 Å². The highest BCUT2D eigenvalue weighted by Crippen LogP contribution is 2.34. The number of carbonyl (C=O) groups is 1. The summed E-state index contributed by atoms with van der Waals surface area (Å²) in [5.74, 6) is 0.665. The molecule has 6 aromatic rings. The lowest BCUT2D eigenvalue weighted by atomic mass is 10.1. The van der Waals surface area contributed by atoms with Crippen molar-refractivity contribution in [2.75, 3.05) is 32.6 Å². The minimum atomic E-state index is -0.408. The van der Waals surface area contributed by atoms with Crippen molar-refractivity contribution in [1.82, 2.24) is 40.0 Å². The average molecular weight is 578 g/mol. The van der Waals surface area contributed by atoms with E-state index in [1.165, 1.54) is 12.1 Å². The van der Waals surface area contributed by atoms with Crippen molar-refractivity contribution in [2.45, 2.75) is 12.8 Å². The SMILES string of the molecule is CN(C)CCOc1cc(F)cc(-c2cncc3[nH]c(-c4n[nH]c5cnc(-c6cncc(NC(=O)C7CC7)c6)cc45)nc23)c1. The minimum absolute atomic E-state index is 0.0181. The number of ether oxygens (including phenoxy) is 1. The van der Waals surface area contributed by atoms with Crippen LogP contribution in [0.3, 0.4) is 0 Å². The van der Waals surface area contributed by atoms with Crippen LogP contribution in [0.1, 0.15) is 12.8 Å². The first kappa shape index (κ1) is 26.7. The molecule has 0 aliphatic heterocycles. The molecule has 7 rings (SSSR count). The van der Waals surface area contributed by atoms with Crippen molar-refractivity contribution >= 4 is 33.5 Å². The van der Waals surface area contributed by atoms with Crippen LogP contribution in [0, 0.1) is 11.7 Å². The summed E-state index contributed by atoms with van der Waals surface area (Å²) in [5.41, 5.74) is 5.96. The summed E-state index contributed by atoms with van der Waals surface area (Å²) in [5, 5.41) is 11.3. The molecule has 216 valence electrons. The number of nitrogens with one attached hydrogen (secondary N) is 3. The normalized spacial score (nSPS) is 13.2. The second-order valence-corrected chi connectivity index (χ2v) is 10.9. The molecular formula is C31H28FN9O2. The number of hydrogen-bond acceptors (Lipinski definition) is 8. The number of fused-ring (bicyclic) bond motifs is 2. The van der Waals surface area contributed by atoms with Gasteiger partial charge in [-0.3, -0.25) is 24.8 Å². The number of H-pyrrole nitrogens is 2. The molecule has 3 N–H and O–H groups in total. The Morgan fingerprint density at radius 2 is 1.88 bits per heavy atom. The van der Waals surface area contributed by atoms with Gasteiger partial charge in [-0.2, -0.15) is 5.10 Å². The first-order chi connectivity index (χ1) is 20.9. The Bertz CT molecular complexity index is 1980. The Hall–Kier alpha value is -5.23. The second-order valence-electron chi connectivity index (χ2n) is 10.9. The van der Waals surface area contributed by atoms with Crippen molar-refractivity contribution in [3.63, 3.8) is 0 Å². The van der Waals surface area contributed by atoms with Gasteiger partial charge in [0, 0.05) is 47.4 Å². The van der Waals surface area contributed by atoms with E-state index in [1.54, 1.807) is 37.1 Å². The van der Waals surface area contributed by atoms with Crippen LogP contribution in [0.25, 0.3) is 55.8 Å². The summed E-state index contributed by atoms with van der Waals surface area (Å²) >= 11 is 0. The van der Waals surface area contributed by atoms with Gasteiger partial charge >= 0.3 is 0 Å². The maximum atomic E-state index is 14.6. The van der Waals surface area contributed by atoms with Crippen LogP contribution >= 0.6 is 0 Å². The molecule has 12 heteroatoms. The van der Waals surface area contributed by atoms with Gasteiger partial charge in [0.15, 0.2) is 5.82 Å². The third-order valence-electron chi connectivity index (χ3n) is 7.30. The Kier molecular flexibility index (Phi) is 6.74. The molecule has 5 aromatic heterocycles. The third-order valence-corrected chi connectivity index (χ3v) is 7.30. The van der Waals surface area contributed by atoms with E-state index >= 15 is 0 Å². The highest BCUT2D eigenvalue weighted by Gasteiger charge is 2.29. The number of hydrogen-bond donors (Lipinski definition) is 3. The summed E-state index contributed by atoms with van der Waals surface area (Å²) in [4.78, 5) is 35.7. The predicted octanol–water partition coefficient (Wildman–Crippen LogP) is 5.05. The summed E-state index contributed by atoms with van der Waals surface area (Å²) in [6, 6.07) is 8.38. The van der Waals surface area contributed by atoms with E-state index in [0.717, 1.165) is 29.3 Å². The number of aromatic nitrogens is 7. The van der Waals surface area contributed by atoms with Gasteiger partial charge in [-0.05, 0) is 56.8 Å². The fraction of sp³-hybridized carbons (Fsp3) is 0.226. The maximum absolute atomic E-state index is 14.6. The van der Waals surface area contributed by atoms with Crippen molar-refractivity contribution < 1.29 is 13.9 Å². The fourth-order valence-electron chi connectivity index (χ4n) is 4.90. The van der Waals surface area contributed by atoms with Crippen LogP contribution in [0.15, 0.2) is 61.3 Å². The van der Waals surface area contributed by atoms with Gasteiger partial charge in [-0.25, -0.2) is 9.37 Å². The van der Waals surface area contributed by atoms with Crippen LogP contribution in [0.2, 0.25) is 0 Å². The zero-order valence-electron chi connectivity index (χ0n) is 23.6. The van der Waals surface area contributed by atoms with Gasteiger partial charge in [-0.15, -0.1) is 0 Å². The van der Waals surface area contributed by atoms with Crippen LogP contribution in [-0.2, 0) is 4.79 Å². The number of nitrogens with zero attached hydrogens (tertiary/aromatic N) is 6. The lowest BCUT2D eigenvalue weighted by Gasteiger charge is -2.12. The molecule has 1 fully saturated rings. The van der Waals surface area contributed by atoms with Gasteiger partial charge in [-0.1, -0.05) is 0 Å². The first-order valence-corrected chi connectivity index (χ1v) is 13.9. The summed E-state index contributed by atoms with van der Waals surface area (Å²) < 4.78 is 20.4. The van der Waals surface area contributed by atoms with Crippen molar-refractivity contribution in [2.24, 2.45) is 5.92 Å². The molecule has 0 saturated heterocycles. The smallest absolute Gasteiger partial charge is 0.227 e. The topological polar surface area (TPSA) is 138 Å². The van der Waals surface area contributed by atoms with Gasteiger partial charge in [0.2, 0.25) is 5.91 Å². The van der Waals surface area contributed by atoms with Crippen LogP contribution < -0.4 is 10.1 Å². The Morgan fingerprint density at radius 1 is 1.02 bits per heavy atom. The van der Waals surface area contributed by atoms with E-state index in [0.29, 0.717) is 64.0 Å². The number of aromatic amines is 2. The van der Waals surface area contributed by atoms with E-state index < -0.39 is 5.82 Å². The zero-order valence-corrected chi connectivity index (χ0v) is 23.6. The Labute approximate surface area is 245 Å². The zero-order chi connectivity index (χ0) is 29.5. The molecular weight excluding hydrogens is 549 g/mol. The van der Waals surface area contributed by atoms with Crippen LogP contribution in [0.5, 0.6) is 5.75 Å². The van der Waals surface area contributed by atoms with Gasteiger partial charge in [0.05, 0.1) is 46.5 Å². The number of carbonyl (C=O) groups excluding carboxylic acids is 1. The molecule has 43 heavy (non-hydrogen) atoms. The molecule has 1 aromatic carbocycles. The number of amides is 1. The number of halogens is 1. The largest absolute Gasteiger partial charge is 0.492 e. The molecule has 0 unspecified atom stereocenters. The van der Waals surface area contributed by atoms with Crippen LogP contribution in [0.4, 0.5) is 10.1 Å². The molecule has 0 bridgehead atoms. The Morgan fingerprint density at radius 3 is 2.72 bits per heavy atom. The van der Waals surface area contributed by atoms with Crippen molar-refractivity contribution in [3.05, 3.63) is 67.1 Å². The summed E-state index contributed by atoms with van der Waals surface area (Å²) in [7, 11) is 3.90. The van der Waals surface area contributed by atoms with E-state index in [1.807, 2.05) is 31.1 Å². The number of pyridine rings is 3. The quantitative estimate of drug-likeness (QED) is 0.217. The average Bonchev–Trinajstić information content (AvgIpc) is 3.62. The van der Waals surface area contributed by atoms with E-state index in [2.05, 4.69) is 35.5 Å². The lowest BCUT2D eigenvalue weighted by Crippen LogP contribution is -2.19. The Balaban J connectivity index is 1.23. The van der Waals surface area contributed by atoms with E-state index in [9.17, 15) is 9.18 Å². The molecule has 1 amide bonds. The monoisotopic (exact) mass is 577 g/mol. The van der Waals surface area contributed by atoms with Crippen LogP contribution in [-0.4, -0.2) is 73.2 Å². The third kappa shape index (κ3) is 5.52. The van der Waals surface area contributed by atoms with E-state index in [4.69, 9.17) is 9.72 Å². The summed E-state index contributed by atoms with van der Waals surface area (Å²) in [6.45, 7) is 1.14. The lowest BCUT2D eigenvalue weighted by molar-refractivity contribution is -0.117. The number of benzene rings is 1. The number of rotatable bonds is 9. The maximum Gasteiger partial charge on any atom is 0.227 e. The second kappa shape index (κ2) is 10.9. The van der Waals surface area contributed by atoms with Gasteiger partial charge in [0.1, 0.15) is 23.9 Å². The predicted molar refractivity (Wildman–Crippen MR) is 161 cm³/mol. The number of likely N-dealkylation sites (N-methyl/N-ethyl adjacent to an activating group) is 1. The van der Waals surface area contributed by atoms with Gasteiger partial charge < -0.3 is 19.9 Å². The molecule has 1 saturated carbocycles. The minimum Gasteiger partial charge on any atom is -0.492 e. The molecule has 11 nitrogen and oxygen atoms in total. The fourth-order valence-corrected chi connectivity index (χ4v) is 4.90. The molecule has 1 aliphatic carbocycles. The number of anilines is 1. The van der Waals surface area contributed by atoms with Gasteiger partial charge in [0.25, 0.3) is 0 Å². The first-order valence-electron chi connectivity index (χ1n) is 13.9. The standard InChI is InChI=1S/C31H28FN9O2/c1-41(2)5-6-43-22-9-18(7-20(32)10-22)24-14-34-15-27-28(24)38-30(37-27)29-23-11-25(35-16-26(23)39-40-29)19-8-21(13-33-12-19)36-31(42)17-3-4-17/h7-17H,3-6H2,1-2H3,(H,36,42)(H,37,38)(H,39,40). The molecule has 0 spiro atoms. The van der Waals surface area contributed by atoms with Crippen molar-refractivity contribution in [3.8, 4) is 39.7 Å². The number of imidazole rings is 1. The van der Waals surface area contributed by atoms with E-state index in [-0.39, 0.29) is 11.8 Å². The highest BCUT2D eigenvalue weighted by molar-refractivity contribution is 5.98. The summed E-state index contributed by atoms with van der Waals surface area (Å²) in [6.07, 6.45) is 10.2. The highest BCUT2D eigenvalue weighted by atomic mass is 19.1.